The van der Waals surface area contributed by atoms with Crippen molar-refractivity contribution < 1.29 is 18.4 Å². The Balaban J connectivity index is 2.18. The SMILES string of the molecule is NCc1cc(F)ccc1OCc1cc(F)cc([N+](=O)[O-])c1. The van der Waals surface area contributed by atoms with Gasteiger partial charge < -0.3 is 10.5 Å². The van der Waals surface area contributed by atoms with Crippen LogP contribution in [0.3, 0.4) is 0 Å². The second-order valence-corrected chi connectivity index (χ2v) is 4.32. The van der Waals surface area contributed by atoms with E-state index in [9.17, 15) is 18.9 Å². The van der Waals surface area contributed by atoms with Crippen LogP contribution >= 0.6 is 0 Å². The summed E-state index contributed by atoms with van der Waals surface area (Å²) in [5, 5.41) is 10.7. The maximum absolute atomic E-state index is 13.3. The summed E-state index contributed by atoms with van der Waals surface area (Å²) in [7, 11) is 0. The second kappa shape index (κ2) is 6.27. The molecule has 2 rings (SSSR count). The van der Waals surface area contributed by atoms with Gasteiger partial charge in [-0.25, -0.2) is 8.78 Å². The molecular formula is C14H12F2N2O3. The van der Waals surface area contributed by atoms with Crippen LogP contribution in [0, 0.1) is 21.7 Å². The van der Waals surface area contributed by atoms with Crippen LogP contribution in [-0.2, 0) is 13.2 Å². The standard InChI is InChI=1S/C14H12F2N2O3/c15-11-1-2-14(10(5-11)7-17)21-8-9-3-12(16)6-13(4-9)18(19)20/h1-6H,7-8,17H2. The average molecular weight is 294 g/mol. The Morgan fingerprint density at radius 1 is 1.14 bits per heavy atom. The van der Waals surface area contributed by atoms with Crippen molar-refractivity contribution in [1.29, 1.82) is 0 Å². The molecule has 5 nitrogen and oxygen atoms in total. The number of ether oxygens (including phenoxy) is 1. The molecule has 0 amide bonds. The number of nitro benzene ring substituents is 1. The number of halogens is 2. The van der Waals surface area contributed by atoms with E-state index < -0.39 is 16.6 Å². The molecule has 0 unspecified atom stereocenters. The van der Waals surface area contributed by atoms with E-state index in [0.717, 1.165) is 12.1 Å². The van der Waals surface area contributed by atoms with E-state index in [1.54, 1.807) is 0 Å². The number of nitrogens with zero attached hydrogens (tertiary/aromatic N) is 1. The molecule has 2 N–H and O–H groups in total. The van der Waals surface area contributed by atoms with Crippen molar-refractivity contribution in [3.8, 4) is 5.75 Å². The quantitative estimate of drug-likeness (QED) is 0.679. The highest BCUT2D eigenvalue weighted by atomic mass is 19.1. The number of hydrogen-bond acceptors (Lipinski definition) is 4. The lowest BCUT2D eigenvalue weighted by molar-refractivity contribution is -0.385. The maximum atomic E-state index is 13.3. The van der Waals surface area contributed by atoms with E-state index in [4.69, 9.17) is 10.5 Å². The Hall–Kier alpha value is -2.54. The van der Waals surface area contributed by atoms with Crippen LogP contribution in [0.25, 0.3) is 0 Å². The minimum Gasteiger partial charge on any atom is -0.489 e. The molecule has 0 fully saturated rings. The van der Waals surface area contributed by atoms with Crippen molar-refractivity contribution in [1.82, 2.24) is 0 Å². The second-order valence-electron chi connectivity index (χ2n) is 4.32. The third-order valence-corrected chi connectivity index (χ3v) is 2.79. The molecule has 21 heavy (non-hydrogen) atoms. The number of hydrogen-bond donors (Lipinski definition) is 1. The van der Waals surface area contributed by atoms with Crippen molar-refractivity contribution in [3.63, 3.8) is 0 Å². The summed E-state index contributed by atoms with van der Waals surface area (Å²) in [6, 6.07) is 7.04. The summed E-state index contributed by atoms with van der Waals surface area (Å²) in [6.07, 6.45) is 0. The fraction of sp³-hybridized carbons (Fsp3) is 0.143. The predicted molar refractivity (Wildman–Crippen MR) is 71.7 cm³/mol. The molecule has 0 bridgehead atoms. The first kappa shape index (κ1) is 14.9. The van der Waals surface area contributed by atoms with Crippen LogP contribution in [-0.4, -0.2) is 4.92 Å². The lowest BCUT2D eigenvalue weighted by Crippen LogP contribution is -2.04. The van der Waals surface area contributed by atoms with Gasteiger partial charge in [0, 0.05) is 18.2 Å². The number of non-ortho nitro benzene ring substituents is 1. The molecule has 2 aromatic rings. The normalized spacial score (nSPS) is 10.4. The maximum Gasteiger partial charge on any atom is 0.272 e. The summed E-state index contributed by atoms with van der Waals surface area (Å²) in [5.74, 6) is -0.809. The van der Waals surface area contributed by atoms with Crippen molar-refractivity contribution in [2.24, 2.45) is 5.73 Å². The molecule has 0 aliphatic heterocycles. The van der Waals surface area contributed by atoms with Gasteiger partial charge in [0.25, 0.3) is 5.69 Å². The molecular weight excluding hydrogens is 282 g/mol. The first-order valence-electron chi connectivity index (χ1n) is 6.04. The smallest absolute Gasteiger partial charge is 0.272 e. The van der Waals surface area contributed by atoms with E-state index in [0.29, 0.717) is 16.9 Å². The highest BCUT2D eigenvalue weighted by Gasteiger charge is 2.11. The molecule has 0 radical (unpaired) electrons. The Morgan fingerprint density at radius 2 is 1.90 bits per heavy atom. The molecule has 7 heteroatoms. The molecule has 0 spiro atoms. The van der Waals surface area contributed by atoms with Crippen molar-refractivity contribution in [2.75, 3.05) is 0 Å². The summed E-state index contributed by atoms with van der Waals surface area (Å²) in [6.45, 7) is -0.00633. The van der Waals surface area contributed by atoms with Gasteiger partial charge in [-0.1, -0.05) is 0 Å². The van der Waals surface area contributed by atoms with Gasteiger partial charge in [0.15, 0.2) is 0 Å². The lowest BCUT2D eigenvalue weighted by atomic mass is 10.2. The van der Waals surface area contributed by atoms with E-state index >= 15 is 0 Å². The fourth-order valence-electron chi connectivity index (χ4n) is 1.83. The van der Waals surface area contributed by atoms with E-state index in [-0.39, 0.29) is 18.8 Å². The van der Waals surface area contributed by atoms with Crippen LogP contribution in [0.4, 0.5) is 14.5 Å². The molecule has 0 aliphatic carbocycles. The number of nitro groups is 1. The zero-order chi connectivity index (χ0) is 15.4. The van der Waals surface area contributed by atoms with Gasteiger partial charge in [0.05, 0.1) is 11.0 Å². The number of benzene rings is 2. The minimum absolute atomic E-state index is 0.0798. The third kappa shape index (κ3) is 3.73. The Morgan fingerprint density at radius 3 is 2.57 bits per heavy atom. The zero-order valence-electron chi connectivity index (χ0n) is 10.9. The Kier molecular flexibility index (Phi) is 4.44. The molecule has 0 saturated carbocycles. The van der Waals surface area contributed by atoms with Gasteiger partial charge in [0.1, 0.15) is 24.0 Å². The first-order valence-corrected chi connectivity index (χ1v) is 6.04. The Bertz CT molecular complexity index is 677. The summed E-state index contributed by atoms with van der Waals surface area (Å²) in [5.41, 5.74) is 5.88. The van der Waals surface area contributed by atoms with Crippen molar-refractivity contribution in [3.05, 3.63) is 69.3 Å². The fourth-order valence-corrected chi connectivity index (χ4v) is 1.83. The average Bonchev–Trinajstić information content (AvgIpc) is 2.45. The van der Waals surface area contributed by atoms with Crippen LogP contribution in [0.2, 0.25) is 0 Å². The molecule has 0 saturated heterocycles. The largest absolute Gasteiger partial charge is 0.489 e. The summed E-state index contributed by atoms with van der Waals surface area (Å²) < 4.78 is 31.8. The van der Waals surface area contributed by atoms with Gasteiger partial charge in [-0.15, -0.1) is 0 Å². The molecule has 110 valence electrons. The first-order chi connectivity index (χ1) is 9.99. The van der Waals surface area contributed by atoms with Gasteiger partial charge >= 0.3 is 0 Å². The van der Waals surface area contributed by atoms with Gasteiger partial charge in [-0.05, 0) is 29.8 Å². The van der Waals surface area contributed by atoms with Crippen LogP contribution in [0.5, 0.6) is 5.75 Å². The van der Waals surface area contributed by atoms with E-state index in [2.05, 4.69) is 0 Å². The topological polar surface area (TPSA) is 78.4 Å². The number of rotatable bonds is 5. The van der Waals surface area contributed by atoms with Crippen LogP contribution in [0.1, 0.15) is 11.1 Å². The van der Waals surface area contributed by atoms with E-state index in [1.807, 2.05) is 0 Å². The molecule has 0 aliphatic rings. The molecule has 2 aromatic carbocycles. The van der Waals surface area contributed by atoms with E-state index in [1.165, 1.54) is 24.3 Å². The highest BCUT2D eigenvalue weighted by molar-refractivity contribution is 5.37. The van der Waals surface area contributed by atoms with Crippen LogP contribution < -0.4 is 10.5 Å². The summed E-state index contributed by atoms with van der Waals surface area (Å²) in [4.78, 5) is 9.97. The van der Waals surface area contributed by atoms with Gasteiger partial charge in [0.2, 0.25) is 0 Å². The van der Waals surface area contributed by atoms with Crippen molar-refractivity contribution in [2.45, 2.75) is 13.2 Å². The lowest BCUT2D eigenvalue weighted by Gasteiger charge is -2.10. The molecule has 0 atom stereocenters. The predicted octanol–water partition coefficient (Wildman–Crippen LogP) is 2.91. The third-order valence-electron chi connectivity index (χ3n) is 2.79. The van der Waals surface area contributed by atoms with Gasteiger partial charge in [-0.3, -0.25) is 10.1 Å². The highest BCUT2D eigenvalue weighted by Crippen LogP contribution is 2.22. The van der Waals surface area contributed by atoms with Crippen LogP contribution in [0.15, 0.2) is 36.4 Å². The minimum atomic E-state index is -0.721. The van der Waals surface area contributed by atoms with Crippen molar-refractivity contribution >= 4 is 5.69 Å². The van der Waals surface area contributed by atoms with Gasteiger partial charge in [-0.2, -0.15) is 0 Å². The Labute approximate surface area is 119 Å². The zero-order valence-corrected chi connectivity index (χ0v) is 10.9. The molecule has 0 heterocycles. The summed E-state index contributed by atoms with van der Waals surface area (Å²) >= 11 is 0. The number of nitrogens with two attached hydrogens (primary N) is 1. The molecule has 0 aromatic heterocycles. The monoisotopic (exact) mass is 294 g/mol.